The predicted molar refractivity (Wildman–Crippen MR) is 36.5 cm³/mol. The van der Waals surface area contributed by atoms with Crippen LogP contribution in [0.4, 0.5) is 0 Å². The van der Waals surface area contributed by atoms with E-state index >= 15 is 0 Å². The molecule has 0 aliphatic rings. The Bertz CT molecular complexity index is 194. The van der Waals surface area contributed by atoms with Crippen LogP contribution in [-0.4, -0.2) is 33.8 Å². The van der Waals surface area contributed by atoms with Gasteiger partial charge in [0.1, 0.15) is 0 Å². The van der Waals surface area contributed by atoms with Gasteiger partial charge in [-0.3, -0.25) is 0 Å². The number of tetrazole rings is 1. The molecule has 1 aromatic rings. The van der Waals surface area contributed by atoms with Gasteiger partial charge in [-0.05, 0) is 19.2 Å². The van der Waals surface area contributed by atoms with Crippen LogP contribution in [0, 0.1) is 6.92 Å². The molecule has 0 aliphatic carbocycles. The van der Waals surface area contributed by atoms with Crippen LogP contribution in [-0.2, 0) is 6.54 Å². The summed E-state index contributed by atoms with van der Waals surface area (Å²) in [5.74, 6) is 0.719. The Kier molecular flexibility index (Phi) is 2.33. The molecule has 5 nitrogen and oxygen atoms in total. The molecule has 0 fully saturated rings. The summed E-state index contributed by atoms with van der Waals surface area (Å²) in [7, 11) is 1.89. The number of nitrogens with zero attached hydrogens (tertiary/aromatic N) is 4. The van der Waals surface area contributed by atoms with Crippen LogP contribution in [0.5, 0.6) is 0 Å². The fraction of sp³-hybridized carbons (Fsp3) is 0.800. The van der Waals surface area contributed by atoms with E-state index in [9.17, 15) is 0 Å². The number of rotatable bonds is 3. The number of aryl methyl sites for hydroxylation is 1. The Morgan fingerprint density at radius 3 is 2.90 bits per heavy atom. The van der Waals surface area contributed by atoms with Gasteiger partial charge in [-0.15, -0.1) is 10.2 Å². The number of nitrogens with one attached hydrogen (secondary N) is 1. The fourth-order valence-electron chi connectivity index (χ4n) is 0.630. The van der Waals surface area contributed by atoms with E-state index < -0.39 is 0 Å². The molecule has 0 bridgehead atoms. The molecule has 56 valence electrons. The van der Waals surface area contributed by atoms with Crippen LogP contribution in [0.1, 0.15) is 5.82 Å². The summed E-state index contributed by atoms with van der Waals surface area (Å²) in [4.78, 5) is 1.58. The highest BCUT2D eigenvalue weighted by Gasteiger charge is 1.93. The van der Waals surface area contributed by atoms with Gasteiger partial charge in [0.25, 0.3) is 0 Å². The highest BCUT2D eigenvalue weighted by atomic mass is 15.6. The second-order valence-electron chi connectivity index (χ2n) is 2.04. The Morgan fingerprint density at radius 2 is 2.40 bits per heavy atom. The van der Waals surface area contributed by atoms with E-state index in [1.54, 1.807) is 4.80 Å². The first-order valence-electron chi connectivity index (χ1n) is 3.22. The third-order valence-corrected chi connectivity index (χ3v) is 1.11. The molecule has 0 aromatic carbocycles. The van der Waals surface area contributed by atoms with E-state index in [2.05, 4.69) is 20.7 Å². The third kappa shape index (κ3) is 1.77. The zero-order valence-corrected chi connectivity index (χ0v) is 6.20. The molecule has 10 heavy (non-hydrogen) atoms. The van der Waals surface area contributed by atoms with E-state index in [1.165, 1.54) is 0 Å². The summed E-state index contributed by atoms with van der Waals surface area (Å²) in [6, 6.07) is 0. The van der Waals surface area contributed by atoms with Gasteiger partial charge in [0.15, 0.2) is 5.82 Å². The van der Waals surface area contributed by atoms with Gasteiger partial charge in [-0.25, -0.2) is 0 Å². The van der Waals surface area contributed by atoms with E-state index in [4.69, 9.17) is 0 Å². The third-order valence-electron chi connectivity index (χ3n) is 1.11. The van der Waals surface area contributed by atoms with Crippen molar-refractivity contribution in [3.63, 3.8) is 0 Å². The summed E-state index contributed by atoms with van der Waals surface area (Å²) in [6.45, 7) is 3.47. The van der Waals surface area contributed by atoms with Crippen molar-refractivity contribution in [2.24, 2.45) is 0 Å². The van der Waals surface area contributed by atoms with Gasteiger partial charge < -0.3 is 5.32 Å². The van der Waals surface area contributed by atoms with Gasteiger partial charge in [0, 0.05) is 6.54 Å². The number of aromatic nitrogens is 4. The van der Waals surface area contributed by atoms with Crippen molar-refractivity contribution in [2.75, 3.05) is 13.6 Å². The van der Waals surface area contributed by atoms with E-state index in [-0.39, 0.29) is 0 Å². The first kappa shape index (κ1) is 7.14. The fourth-order valence-corrected chi connectivity index (χ4v) is 0.630. The van der Waals surface area contributed by atoms with Crippen molar-refractivity contribution in [2.45, 2.75) is 13.5 Å². The minimum Gasteiger partial charge on any atom is -0.318 e. The second kappa shape index (κ2) is 3.26. The average molecular weight is 141 g/mol. The van der Waals surface area contributed by atoms with Gasteiger partial charge >= 0.3 is 0 Å². The van der Waals surface area contributed by atoms with Gasteiger partial charge in [-0.1, -0.05) is 0 Å². The molecule has 0 atom stereocenters. The molecular weight excluding hydrogens is 130 g/mol. The van der Waals surface area contributed by atoms with Crippen molar-refractivity contribution in [1.82, 2.24) is 25.5 Å². The first-order chi connectivity index (χ1) is 4.83. The topological polar surface area (TPSA) is 55.6 Å². The zero-order chi connectivity index (χ0) is 7.40. The normalized spacial score (nSPS) is 10.2. The second-order valence-corrected chi connectivity index (χ2v) is 2.04. The van der Waals surface area contributed by atoms with Gasteiger partial charge in [-0.2, -0.15) is 4.80 Å². The Morgan fingerprint density at radius 1 is 1.60 bits per heavy atom. The maximum Gasteiger partial charge on any atom is 0.171 e. The maximum absolute atomic E-state index is 4.00. The van der Waals surface area contributed by atoms with Crippen LogP contribution in [0.15, 0.2) is 0 Å². The van der Waals surface area contributed by atoms with Crippen LogP contribution < -0.4 is 5.32 Å². The lowest BCUT2D eigenvalue weighted by Gasteiger charge is -1.94. The molecule has 0 saturated carbocycles. The van der Waals surface area contributed by atoms with Crippen molar-refractivity contribution >= 4 is 0 Å². The number of hydrogen-bond acceptors (Lipinski definition) is 4. The molecule has 0 spiro atoms. The molecule has 1 aromatic heterocycles. The minimum absolute atomic E-state index is 0.719. The zero-order valence-electron chi connectivity index (χ0n) is 6.20. The van der Waals surface area contributed by atoms with E-state index in [0.717, 1.165) is 18.9 Å². The highest BCUT2D eigenvalue weighted by molar-refractivity contribution is 4.66. The summed E-state index contributed by atoms with van der Waals surface area (Å²) in [5, 5.41) is 14.5. The summed E-state index contributed by atoms with van der Waals surface area (Å²) >= 11 is 0. The molecule has 0 unspecified atom stereocenters. The van der Waals surface area contributed by atoms with Crippen molar-refractivity contribution in [3.05, 3.63) is 5.82 Å². The Hall–Kier alpha value is -0.970. The molecule has 0 amide bonds. The number of likely N-dealkylation sites (N-methyl/N-ethyl adjacent to an activating group) is 1. The molecule has 0 saturated heterocycles. The van der Waals surface area contributed by atoms with Crippen LogP contribution in [0.2, 0.25) is 0 Å². The van der Waals surface area contributed by atoms with Crippen molar-refractivity contribution < 1.29 is 0 Å². The van der Waals surface area contributed by atoms with Crippen molar-refractivity contribution in [1.29, 1.82) is 0 Å². The average Bonchev–Trinajstić information content (AvgIpc) is 2.31. The van der Waals surface area contributed by atoms with Crippen LogP contribution in [0.3, 0.4) is 0 Å². The molecule has 5 heteroatoms. The maximum atomic E-state index is 4.00. The molecule has 1 rings (SSSR count). The van der Waals surface area contributed by atoms with E-state index in [0.29, 0.717) is 0 Å². The first-order valence-corrected chi connectivity index (χ1v) is 3.22. The molecule has 0 aliphatic heterocycles. The summed E-state index contributed by atoms with van der Waals surface area (Å²) in [6.07, 6.45) is 0. The quantitative estimate of drug-likeness (QED) is 0.598. The number of hydrogen-bond donors (Lipinski definition) is 1. The molecule has 0 radical (unpaired) electrons. The SMILES string of the molecule is CNCCn1nnc(C)n1. The van der Waals surface area contributed by atoms with Crippen LogP contribution >= 0.6 is 0 Å². The molecular formula is C5H11N5. The molecule has 1 heterocycles. The van der Waals surface area contributed by atoms with Crippen LogP contribution in [0.25, 0.3) is 0 Å². The standard InChI is InChI=1S/C5H11N5/c1-5-7-9-10(8-5)4-3-6-2/h6H,3-4H2,1-2H3. The summed E-state index contributed by atoms with van der Waals surface area (Å²) in [5.41, 5.74) is 0. The van der Waals surface area contributed by atoms with Gasteiger partial charge in [0.05, 0.1) is 6.54 Å². The van der Waals surface area contributed by atoms with Crippen molar-refractivity contribution in [3.8, 4) is 0 Å². The smallest absolute Gasteiger partial charge is 0.171 e. The Balaban J connectivity index is 2.42. The largest absolute Gasteiger partial charge is 0.318 e. The monoisotopic (exact) mass is 141 g/mol. The predicted octanol–water partition coefficient (Wildman–Crippen LogP) is -0.799. The lowest BCUT2D eigenvalue weighted by atomic mass is 10.6. The van der Waals surface area contributed by atoms with Gasteiger partial charge in [0.2, 0.25) is 0 Å². The summed E-state index contributed by atoms with van der Waals surface area (Å²) < 4.78 is 0. The Labute approximate surface area is 59.4 Å². The molecule has 1 N–H and O–H groups in total. The lowest BCUT2D eigenvalue weighted by Crippen LogP contribution is -2.16. The van der Waals surface area contributed by atoms with E-state index in [1.807, 2.05) is 14.0 Å². The minimum atomic E-state index is 0.719. The lowest BCUT2D eigenvalue weighted by molar-refractivity contribution is 0.506. The highest BCUT2D eigenvalue weighted by Crippen LogP contribution is 1.79.